The molecule has 6 N–H and O–H groups in total. The largest absolute Gasteiger partial charge is 0.493 e. The highest BCUT2D eigenvalue weighted by Crippen LogP contribution is 2.28. The quantitative estimate of drug-likeness (QED) is 0.261. The SMILES string of the molecule is COc1ccc2cc1OCC(=O)NCCCC(NC(=O)[C@H]1CCCN1)C(=O)N[C@@H](Cc1ccccc1)C(=O)N[C@H](C(C)C)C(=O)NCCC2.Cl. The van der Waals surface area contributed by atoms with Crippen molar-refractivity contribution in [1.29, 1.82) is 0 Å². The number of halogens is 1. The number of hydrogen-bond acceptors (Lipinski definition) is 8. The molecule has 0 aromatic heterocycles. The van der Waals surface area contributed by atoms with Crippen molar-refractivity contribution in [3.05, 3.63) is 59.7 Å². The van der Waals surface area contributed by atoms with E-state index in [1.807, 2.05) is 56.3 Å². The van der Waals surface area contributed by atoms with Crippen LogP contribution in [0.5, 0.6) is 11.5 Å². The molecule has 1 fully saturated rings. The minimum atomic E-state index is -1.02. The summed E-state index contributed by atoms with van der Waals surface area (Å²) in [6.45, 7) is 4.77. The molecule has 4 atom stereocenters. The zero-order valence-electron chi connectivity index (χ0n) is 29.0. The number of rotatable bonds is 6. The van der Waals surface area contributed by atoms with E-state index in [0.717, 1.165) is 17.5 Å². The second kappa shape index (κ2) is 20.3. The maximum absolute atomic E-state index is 13.8. The van der Waals surface area contributed by atoms with E-state index in [0.29, 0.717) is 50.3 Å². The lowest BCUT2D eigenvalue weighted by Crippen LogP contribution is -2.59. The monoisotopic (exact) mass is 714 g/mol. The van der Waals surface area contributed by atoms with E-state index in [1.165, 1.54) is 7.11 Å². The van der Waals surface area contributed by atoms with Crippen molar-refractivity contribution in [2.45, 2.75) is 83.0 Å². The molecule has 14 heteroatoms. The first-order valence-electron chi connectivity index (χ1n) is 17.2. The molecule has 0 spiro atoms. The van der Waals surface area contributed by atoms with Gasteiger partial charge in [-0.3, -0.25) is 24.0 Å². The van der Waals surface area contributed by atoms with E-state index in [-0.39, 0.29) is 62.0 Å². The molecule has 0 saturated carbocycles. The fraction of sp³-hybridized carbons (Fsp3) is 0.528. The van der Waals surface area contributed by atoms with Gasteiger partial charge in [-0.2, -0.15) is 0 Å². The highest BCUT2D eigenvalue weighted by molar-refractivity contribution is 5.95. The Morgan fingerprint density at radius 2 is 1.64 bits per heavy atom. The Morgan fingerprint density at radius 3 is 2.34 bits per heavy atom. The highest BCUT2D eigenvalue weighted by Gasteiger charge is 2.32. The van der Waals surface area contributed by atoms with Gasteiger partial charge in [0.15, 0.2) is 18.1 Å². The van der Waals surface area contributed by atoms with Crippen molar-refractivity contribution < 1.29 is 33.4 Å². The first-order valence-corrected chi connectivity index (χ1v) is 17.2. The average molecular weight is 715 g/mol. The van der Waals surface area contributed by atoms with Crippen LogP contribution in [0.25, 0.3) is 0 Å². The summed E-state index contributed by atoms with van der Waals surface area (Å²) in [4.78, 5) is 66.7. The summed E-state index contributed by atoms with van der Waals surface area (Å²) in [5.74, 6) is -1.33. The van der Waals surface area contributed by atoms with Crippen LogP contribution in [0.1, 0.15) is 57.1 Å². The predicted molar refractivity (Wildman–Crippen MR) is 191 cm³/mol. The lowest BCUT2D eigenvalue weighted by atomic mass is 10.00. The van der Waals surface area contributed by atoms with Crippen molar-refractivity contribution in [3.63, 3.8) is 0 Å². The zero-order valence-corrected chi connectivity index (χ0v) is 29.9. The molecule has 50 heavy (non-hydrogen) atoms. The molecule has 2 aromatic carbocycles. The number of nitrogens with one attached hydrogen (secondary N) is 6. The Labute approximate surface area is 300 Å². The predicted octanol–water partition coefficient (Wildman–Crippen LogP) is 1.56. The molecule has 5 amide bonds. The maximum Gasteiger partial charge on any atom is 0.257 e. The zero-order chi connectivity index (χ0) is 35.2. The van der Waals surface area contributed by atoms with Crippen LogP contribution in [0.2, 0.25) is 0 Å². The summed E-state index contributed by atoms with van der Waals surface area (Å²) >= 11 is 0. The normalized spacial score (nSPS) is 23.0. The number of carbonyl (C=O) groups is 5. The van der Waals surface area contributed by atoms with Gasteiger partial charge in [0.2, 0.25) is 23.6 Å². The Hall–Kier alpha value is -4.36. The van der Waals surface area contributed by atoms with E-state index in [2.05, 4.69) is 31.9 Å². The molecule has 2 bridgehead atoms. The van der Waals surface area contributed by atoms with Crippen LogP contribution in [0.3, 0.4) is 0 Å². The van der Waals surface area contributed by atoms with Gasteiger partial charge in [-0.15, -0.1) is 12.4 Å². The topological polar surface area (TPSA) is 176 Å². The molecular formula is C36H51ClN6O7. The van der Waals surface area contributed by atoms with Gasteiger partial charge in [0, 0.05) is 19.5 Å². The summed E-state index contributed by atoms with van der Waals surface area (Å²) in [6.07, 6.45) is 3.50. The molecule has 1 unspecified atom stereocenters. The summed E-state index contributed by atoms with van der Waals surface area (Å²) in [6, 6.07) is 11.5. The minimum Gasteiger partial charge on any atom is -0.493 e. The van der Waals surface area contributed by atoms with Crippen molar-refractivity contribution >= 4 is 41.9 Å². The van der Waals surface area contributed by atoms with Gasteiger partial charge in [0.1, 0.15) is 18.1 Å². The lowest BCUT2D eigenvalue weighted by Gasteiger charge is -2.27. The molecule has 274 valence electrons. The summed E-state index contributed by atoms with van der Waals surface area (Å²) < 4.78 is 11.2. The van der Waals surface area contributed by atoms with E-state index in [4.69, 9.17) is 9.47 Å². The van der Waals surface area contributed by atoms with Gasteiger partial charge in [-0.05, 0) is 74.2 Å². The third kappa shape index (κ3) is 12.2. The van der Waals surface area contributed by atoms with Crippen LogP contribution in [0.15, 0.2) is 48.5 Å². The number of benzene rings is 2. The first kappa shape index (κ1) is 40.1. The smallest absolute Gasteiger partial charge is 0.257 e. The molecule has 0 radical (unpaired) electrons. The second-order valence-electron chi connectivity index (χ2n) is 12.9. The Balaban J connectivity index is 0.00000676. The van der Waals surface area contributed by atoms with Gasteiger partial charge in [0.05, 0.1) is 13.2 Å². The second-order valence-corrected chi connectivity index (χ2v) is 12.9. The molecule has 13 nitrogen and oxygen atoms in total. The van der Waals surface area contributed by atoms with Crippen molar-refractivity contribution in [1.82, 2.24) is 31.9 Å². The van der Waals surface area contributed by atoms with Gasteiger partial charge >= 0.3 is 0 Å². The Morgan fingerprint density at radius 1 is 0.900 bits per heavy atom. The van der Waals surface area contributed by atoms with Crippen molar-refractivity contribution in [2.75, 3.05) is 33.4 Å². The van der Waals surface area contributed by atoms with Crippen LogP contribution in [0.4, 0.5) is 0 Å². The van der Waals surface area contributed by atoms with E-state index in [1.54, 1.807) is 6.07 Å². The number of hydrogen-bond donors (Lipinski definition) is 6. The number of amides is 5. The number of methoxy groups -OCH3 is 1. The highest BCUT2D eigenvalue weighted by atomic mass is 35.5. The van der Waals surface area contributed by atoms with Gasteiger partial charge < -0.3 is 41.4 Å². The van der Waals surface area contributed by atoms with E-state index < -0.39 is 36.0 Å². The standard InChI is InChI=1S/C36H50N6O7.ClH/c1-23(2)32-36(47)39-19-7-12-25-15-16-29(48-3)30(21-25)49-22-31(43)38-18-9-14-27(40-33(44)26-13-8-17-37-26)34(45)41-28(35(46)42-32)20-24-10-5-4-6-11-24;/h4-6,10-11,15-16,21,23,26-28,32,37H,7-9,12-14,17-20,22H2,1-3H3,(H,38,43)(H,39,47)(H,40,44)(H,41,45)(H,42,46);1H/t26-,27?,28+,32-;/m1./s1. The summed E-state index contributed by atoms with van der Waals surface area (Å²) in [5.41, 5.74) is 1.76. The fourth-order valence-corrected chi connectivity index (χ4v) is 5.90. The number of ether oxygens (including phenoxy) is 2. The molecule has 2 aliphatic heterocycles. The Kier molecular flexibility index (Phi) is 16.3. The number of aryl methyl sites for hydroxylation is 1. The van der Waals surface area contributed by atoms with Crippen LogP contribution in [0, 0.1) is 5.92 Å². The molecule has 2 aliphatic rings. The summed E-state index contributed by atoms with van der Waals surface area (Å²) in [5, 5.41) is 17.5. The van der Waals surface area contributed by atoms with Gasteiger partial charge in [-0.25, -0.2) is 0 Å². The number of carbonyl (C=O) groups excluding carboxylic acids is 5. The Bertz CT molecular complexity index is 1440. The molecule has 4 rings (SSSR count). The van der Waals surface area contributed by atoms with Crippen molar-refractivity contribution in [2.24, 2.45) is 5.92 Å². The fourth-order valence-electron chi connectivity index (χ4n) is 5.90. The molecule has 2 heterocycles. The molecular weight excluding hydrogens is 664 g/mol. The third-order valence-electron chi connectivity index (χ3n) is 8.69. The molecule has 2 aromatic rings. The van der Waals surface area contributed by atoms with Crippen LogP contribution < -0.4 is 41.4 Å². The summed E-state index contributed by atoms with van der Waals surface area (Å²) in [7, 11) is 1.52. The van der Waals surface area contributed by atoms with Crippen LogP contribution in [-0.4, -0.2) is 87.1 Å². The van der Waals surface area contributed by atoms with E-state index in [9.17, 15) is 24.0 Å². The first-order chi connectivity index (χ1) is 23.6. The molecule has 1 saturated heterocycles. The average Bonchev–Trinajstić information content (AvgIpc) is 3.64. The van der Waals surface area contributed by atoms with Crippen LogP contribution in [-0.2, 0) is 36.8 Å². The number of fused-ring (bicyclic) bond motifs is 2. The third-order valence-corrected chi connectivity index (χ3v) is 8.69. The molecule has 0 aliphatic carbocycles. The minimum absolute atomic E-state index is 0. The van der Waals surface area contributed by atoms with Gasteiger partial charge in [0.25, 0.3) is 5.91 Å². The lowest BCUT2D eigenvalue weighted by molar-refractivity contribution is -0.134. The van der Waals surface area contributed by atoms with Crippen LogP contribution >= 0.6 is 12.4 Å². The van der Waals surface area contributed by atoms with E-state index >= 15 is 0 Å². The van der Waals surface area contributed by atoms with Gasteiger partial charge in [-0.1, -0.05) is 50.2 Å². The van der Waals surface area contributed by atoms with Crippen molar-refractivity contribution in [3.8, 4) is 11.5 Å². The maximum atomic E-state index is 13.8.